The Labute approximate surface area is 137 Å². The molecule has 6 heteroatoms. The molecule has 5 nitrogen and oxygen atoms in total. The van der Waals surface area contributed by atoms with Crippen LogP contribution in [0.2, 0.25) is 0 Å². The second kappa shape index (κ2) is 5.70. The summed E-state index contributed by atoms with van der Waals surface area (Å²) in [5.74, 6) is 0.665. The molecule has 118 valence electrons. The van der Waals surface area contributed by atoms with Gasteiger partial charge in [-0.05, 0) is 55.5 Å². The predicted octanol–water partition coefficient (Wildman–Crippen LogP) is 3.06. The molecule has 1 aliphatic carbocycles. The van der Waals surface area contributed by atoms with Crippen LogP contribution in [0.15, 0.2) is 29.1 Å². The van der Waals surface area contributed by atoms with Crippen LogP contribution in [0.25, 0.3) is 10.2 Å². The first-order valence-electron chi connectivity index (χ1n) is 7.83. The van der Waals surface area contributed by atoms with Crippen LogP contribution < -0.4 is 16.6 Å². The lowest BCUT2D eigenvalue weighted by atomic mass is 9.97. The van der Waals surface area contributed by atoms with Gasteiger partial charge in [0.2, 0.25) is 0 Å². The molecule has 0 radical (unpaired) electrons. The molecule has 0 saturated heterocycles. The third kappa shape index (κ3) is 2.70. The number of aromatic amines is 1. The first kappa shape index (κ1) is 14.3. The fraction of sp³-hybridized carbons (Fsp3) is 0.294. The molecule has 1 aromatic carbocycles. The van der Waals surface area contributed by atoms with Crippen molar-refractivity contribution in [1.29, 1.82) is 0 Å². The fourth-order valence-corrected chi connectivity index (χ4v) is 4.36. The number of aromatic nitrogens is 2. The predicted molar refractivity (Wildman–Crippen MR) is 95.1 cm³/mol. The average molecular weight is 326 g/mol. The van der Waals surface area contributed by atoms with Crippen LogP contribution >= 0.6 is 11.3 Å². The van der Waals surface area contributed by atoms with Gasteiger partial charge in [0.15, 0.2) is 0 Å². The number of anilines is 2. The van der Waals surface area contributed by atoms with Crippen molar-refractivity contribution in [1.82, 2.24) is 9.97 Å². The molecular weight excluding hydrogens is 308 g/mol. The first-order chi connectivity index (χ1) is 11.2. The van der Waals surface area contributed by atoms with Crippen LogP contribution in [-0.4, -0.2) is 9.97 Å². The molecule has 2 heterocycles. The first-order valence-corrected chi connectivity index (χ1v) is 8.65. The topological polar surface area (TPSA) is 83.8 Å². The molecule has 0 fully saturated rings. The van der Waals surface area contributed by atoms with E-state index < -0.39 is 0 Å². The highest BCUT2D eigenvalue weighted by atomic mass is 32.1. The van der Waals surface area contributed by atoms with Gasteiger partial charge in [-0.1, -0.05) is 0 Å². The Morgan fingerprint density at radius 2 is 2.00 bits per heavy atom. The van der Waals surface area contributed by atoms with Gasteiger partial charge in [0.25, 0.3) is 5.56 Å². The maximum Gasteiger partial charge on any atom is 0.259 e. The molecule has 0 amide bonds. The standard InChI is InChI=1S/C17H18N4OS/c18-10-5-7-11(8-6-10)19-9-14-20-16(22)15-12-3-1-2-4-13(12)23-17(15)21-14/h5-8,19H,1-4,9,18H2,(H,20,21,22). The lowest BCUT2D eigenvalue weighted by Gasteiger charge is -2.09. The van der Waals surface area contributed by atoms with Crippen LogP contribution in [0, 0.1) is 0 Å². The zero-order chi connectivity index (χ0) is 15.8. The van der Waals surface area contributed by atoms with Gasteiger partial charge in [0.05, 0.1) is 11.9 Å². The number of nitrogens with two attached hydrogens (primary N) is 1. The quantitative estimate of drug-likeness (QED) is 0.646. The minimum absolute atomic E-state index is 0.0106. The van der Waals surface area contributed by atoms with Crippen molar-refractivity contribution in [3.8, 4) is 0 Å². The number of hydrogen-bond acceptors (Lipinski definition) is 5. The monoisotopic (exact) mass is 326 g/mol. The Morgan fingerprint density at radius 3 is 2.83 bits per heavy atom. The van der Waals surface area contributed by atoms with Gasteiger partial charge in [0.1, 0.15) is 10.7 Å². The second-order valence-corrected chi connectivity index (χ2v) is 6.96. The number of thiophene rings is 1. The van der Waals surface area contributed by atoms with E-state index in [1.54, 1.807) is 11.3 Å². The SMILES string of the molecule is Nc1ccc(NCc2nc3sc4c(c3c(=O)[nH]2)CCCC4)cc1. The van der Waals surface area contributed by atoms with E-state index in [9.17, 15) is 4.79 Å². The van der Waals surface area contributed by atoms with Crippen molar-refractivity contribution < 1.29 is 0 Å². The molecule has 0 spiro atoms. The number of hydrogen-bond donors (Lipinski definition) is 3. The maximum absolute atomic E-state index is 12.5. The van der Waals surface area contributed by atoms with Gasteiger partial charge in [-0.15, -0.1) is 11.3 Å². The van der Waals surface area contributed by atoms with E-state index >= 15 is 0 Å². The van der Waals surface area contributed by atoms with Gasteiger partial charge in [-0.25, -0.2) is 4.98 Å². The Balaban J connectivity index is 1.63. The van der Waals surface area contributed by atoms with Gasteiger partial charge < -0.3 is 16.0 Å². The van der Waals surface area contributed by atoms with Crippen LogP contribution in [0.5, 0.6) is 0 Å². The van der Waals surface area contributed by atoms with E-state index in [0.717, 1.165) is 34.4 Å². The normalized spacial score (nSPS) is 13.9. The largest absolute Gasteiger partial charge is 0.399 e. The molecule has 0 bridgehead atoms. The van der Waals surface area contributed by atoms with E-state index in [1.807, 2.05) is 24.3 Å². The molecule has 2 aromatic heterocycles. The molecule has 0 aliphatic heterocycles. The molecule has 0 unspecified atom stereocenters. The molecule has 4 rings (SSSR count). The van der Waals surface area contributed by atoms with Gasteiger partial charge in [-0.2, -0.15) is 0 Å². The molecule has 3 aromatic rings. The van der Waals surface area contributed by atoms with Crippen LogP contribution in [0.4, 0.5) is 11.4 Å². The van der Waals surface area contributed by atoms with Crippen molar-refractivity contribution in [2.45, 2.75) is 32.2 Å². The zero-order valence-electron chi connectivity index (χ0n) is 12.7. The fourth-order valence-electron chi connectivity index (χ4n) is 3.08. The number of H-pyrrole nitrogens is 1. The van der Waals surface area contributed by atoms with E-state index in [1.165, 1.54) is 23.3 Å². The highest BCUT2D eigenvalue weighted by Crippen LogP contribution is 2.33. The molecule has 1 aliphatic rings. The highest BCUT2D eigenvalue weighted by molar-refractivity contribution is 7.18. The average Bonchev–Trinajstić information content (AvgIpc) is 2.93. The van der Waals surface area contributed by atoms with Crippen molar-refractivity contribution in [2.75, 3.05) is 11.1 Å². The third-order valence-electron chi connectivity index (χ3n) is 4.24. The third-order valence-corrected chi connectivity index (χ3v) is 5.43. The molecule has 23 heavy (non-hydrogen) atoms. The van der Waals surface area contributed by atoms with Crippen molar-refractivity contribution in [2.24, 2.45) is 0 Å². The van der Waals surface area contributed by atoms with Crippen molar-refractivity contribution >= 4 is 32.9 Å². The van der Waals surface area contributed by atoms with Gasteiger partial charge in [0, 0.05) is 16.3 Å². The Kier molecular flexibility index (Phi) is 3.53. The smallest absolute Gasteiger partial charge is 0.259 e. The number of benzene rings is 1. The van der Waals surface area contributed by atoms with Gasteiger partial charge >= 0.3 is 0 Å². The number of aryl methyl sites for hydroxylation is 2. The highest BCUT2D eigenvalue weighted by Gasteiger charge is 2.19. The van der Waals surface area contributed by atoms with Crippen LogP contribution in [0.1, 0.15) is 29.1 Å². The summed E-state index contributed by atoms with van der Waals surface area (Å²) in [5, 5.41) is 4.06. The van der Waals surface area contributed by atoms with Crippen LogP contribution in [0.3, 0.4) is 0 Å². The summed E-state index contributed by atoms with van der Waals surface area (Å²) in [6.07, 6.45) is 4.46. The number of nitrogens with one attached hydrogen (secondary N) is 2. The molecule has 0 atom stereocenters. The lowest BCUT2D eigenvalue weighted by Crippen LogP contribution is -2.15. The zero-order valence-corrected chi connectivity index (χ0v) is 13.5. The van der Waals surface area contributed by atoms with E-state index in [4.69, 9.17) is 5.73 Å². The molecule has 4 N–H and O–H groups in total. The van der Waals surface area contributed by atoms with E-state index in [2.05, 4.69) is 15.3 Å². The van der Waals surface area contributed by atoms with Crippen molar-refractivity contribution in [3.05, 3.63) is 50.9 Å². The number of rotatable bonds is 3. The summed E-state index contributed by atoms with van der Waals surface area (Å²) in [7, 11) is 0. The Morgan fingerprint density at radius 1 is 1.22 bits per heavy atom. The minimum atomic E-state index is -0.0106. The minimum Gasteiger partial charge on any atom is -0.399 e. The summed E-state index contributed by atoms with van der Waals surface area (Å²) < 4.78 is 0. The number of fused-ring (bicyclic) bond motifs is 3. The molecular formula is C17H18N4OS. The summed E-state index contributed by atoms with van der Waals surface area (Å²) in [6.45, 7) is 0.484. The Hall–Kier alpha value is -2.34. The number of nitrogens with zero attached hydrogens (tertiary/aromatic N) is 1. The summed E-state index contributed by atoms with van der Waals surface area (Å²) in [5.41, 5.74) is 8.57. The summed E-state index contributed by atoms with van der Waals surface area (Å²) in [6, 6.07) is 7.51. The molecule has 0 saturated carbocycles. The van der Waals surface area contributed by atoms with Gasteiger partial charge in [-0.3, -0.25) is 4.79 Å². The van der Waals surface area contributed by atoms with Crippen molar-refractivity contribution in [3.63, 3.8) is 0 Å². The number of nitrogen functional groups attached to an aromatic ring is 1. The maximum atomic E-state index is 12.5. The van der Waals surface area contributed by atoms with E-state index in [0.29, 0.717) is 12.4 Å². The van der Waals surface area contributed by atoms with E-state index in [-0.39, 0.29) is 5.56 Å². The lowest BCUT2D eigenvalue weighted by molar-refractivity contribution is 0.700. The Bertz CT molecular complexity index is 911. The van der Waals surface area contributed by atoms with Crippen LogP contribution in [-0.2, 0) is 19.4 Å². The summed E-state index contributed by atoms with van der Waals surface area (Å²) in [4.78, 5) is 22.2. The summed E-state index contributed by atoms with van der Waals surface area (Å²) >= 11 is 1.68. The second-order valence-electron chi connectivity index (χ2n) is 5.88.